The number of aromatic nitrogens is 1. The summed E-state index contributed by atoms with van der Waals surface area (Å²) in [6.45, 7) is 5.39. The second-order valence-electron chi connectivity index (χ2n) is 8.66. The second-order valence-corrected chi connectivity index (χ2v) is 8.66. The lowest BCUT2D eigenvalue weighted by Crippen LogP contribution is -2.57. The number of nitrogens with zero attached hydrogens (tertiary/aromatic N) is 4. The zero-order valence-corrected chi connectivity index (χ0v) is 20.9. The Labute approximate surface area is 213 Å². The Kier molecular flexibility index (Phi) is 7.03. The average Bonchev–Trinajstić information content (AvgIpc) is 3.15. The van der Waals surface area contributed by atoms with Crippen molar-refractivity contribution in [3.05, 3.63) is 92.8 Å². The molecule has 1 aliphatic rings. The van der Waals surface area contributed by atoms with Gasteiger partial charge >= 0.3 is 6.03 Å². The Morgan fingerprint density at radius 1 is 0.946 bits per heavy atom. The van der Waals surface area contributed by atoms with Gasteiger partial charge < -0.3 is 9.30 Å². The molecular weight excluding hydrogens is 476 g/mol. The normalized spacial score (nSPS) is 15.1. The fraction of sp³-hybridized carbons (Fsp3) is 0.222. The number of rotatable bonds is 7. The summed E-state index contributed by atoms with van der Waals surface area (Å²) in [6, 6.07) is 14.4. The zero-order chi connectivity index (χ0) is 26.9. The van der Waals surface area contributed by atoms with Gasteiger partial charge in [-0.05, 0) is 56.7 Å². The van der Waals surface area contributed by atoms with Gasteiger partial charge in [-0.25, -0.2) is 9.69 Å². The summed E-state index contributed by atoms with van der Waals surface area (Å²) in [5, 5.41) is 11.5. The van der Waals surface area contributed by atoms with Gasteiger partial charge in [0.25, 0.3) is 17.5 Å². The number of barbiturate groups is 1. The highest BCUT2D eigenvalue weighted by Crippen LogP contribution is 2.30. The van der Waals surface area contributed by atoms with Gasteiger partial charge in [0.1, 0.15) is 5.57 Å². The highest BCUT2D eigenvalue weighted by atomic mass is 16.6. The number of benzene rings is 2. The van der Waals surface area contributed by atoms with Crippen LogP contribution >= 0.6 is 0 Å². The second kappa shape index (κ2) is 10.2. The van der Waals surface area contributed by atoms with Crippen molar-refractivity contribution < 1.29 is 24.0 Å². The number of urea groups is 1. The molecule has 0 spiro atoms. The van der Waals surface area contributed by atoms with Crippen LogP contribution in [-0.4, -0.2) is 52.5 Å². The number of nitro benzene ring substituents is 1. The van der Waals surface area contributed by atoms with Crippen LogP contribution in [0.2, 0.25) is 0 Å². The molecule has 4 amide bonds. The van der Waals surface area contributed by atoms with Gasteiger partial charge in [0.05, 0.1) is 29.4 Å². The third kappa shape index (κ3) is 4.66. The largest absolute Gasteiger partial charge is 0.383 e. The maximum absolute atomic E-state index is 13.5. The number of hydrogen-bond acceptors (Lipinski definition) is 6. The first-order valence-corrected chi connectivity index (χ1v) is 11.6. The van der Waals surface area contributed by atoms with E-state index in [0.29, 0.717) is 28.2 Å². The maximum Gasteiger partial charge on any atom is 0.338 e. The number of nitro groups is 1. The van der Waals surface area contributed by atoms with Gasteiger partial charge in [0.2, 0.25) is 0 Å². The summed E-state index contributed by atoms with van der Waals surface area (Å²) >= 11 is 0. The number of hydrogen-bond donors (Lipinski definition) is 0. The van der Waals surface area contributed by atoms with Crippen molar-refractivity contribution in [2.45, 2.75) is 20.8 Å². The van der Waals surface area contributed by atoms with E-state index in [1.807, 2.05) is 11.5 Å². The fourth-order valence-electron chi connectivity index (χ4n) is 4.38. The highest BCUT2D eigenvalue weighted by Gasteiger charge is 2.42. The number of carbonyl (C=O) groups excluding carboxylic acids is 3. The maximum atomic E-state index is 13.5. The van der Waals surface area contributed by atoms with E-state index in [9.17, 15) is 24.5 Å². The molecule has 3 aromatic rings. The molecule has 10 heteroatoms. The number of para-hydroxylation sites is 1. The van der Waals surface area contributed by atoms with Crippen LogP contribution in [0, 0.1) is 30.9 Å². The minimum atomic E-state index is -0.743. The first-order chi connectivity index (χ1) is 17.6. The molecular formula is C27H26N4O6. The van der Waals surface area contributed by atoms with Crippen LogP contribution in [0.15, 0.2) is 60.2 Å². The molecule has 0 N–H and O–H groups in total. The summed E-state index contributed by atoms with van der Waals surface area (Å²) in [6.07, 6.45) is 1.47. The molecule has 4 rings (SSSR count). The van der Waals surface area contributed by atoms with Crippen LogP contribution in [0.4, 0.5) is 16.2 Å². The summed E-state index contributed by atoms with van der Waals surface area (Å²) in [7, 11) is 1.46. The molecule has 2 aromatic carbocycles. The molecule has 1 aliphatic heterocycles. The van der Waals surface area contributed by atoms with Gasteiger partial charge in [0, 0.05) is 30.1 Å². The molecule has 2 heterocycles. The summed E-state index contributed by atoms with van der Waals surface area (Å²) in [5.74, 6) is -1.44. The third-order valence-corrected chi connectivity index (χ3v) is 6.28. The van der Waals surface area contributed by atoms with Crippen molar-refractivity contribution in [3.63, 3.8) is 0 Å². The molecule has 0 atom stereocenters. The lowest BCUT2D eigenvalue weighted by atomic mass is 10.1. The lowest BCUT2D eigenvalue weighted by Gasteiger charge is -2.33. The number of amides is 4. The topological polar surface area (TPSA) is 115 Å². The molecule has 0 unspecified atom stereocenters. The smallest absolute Gasteiger partial charge is 0.338 e. The van der Waals surface area contributed by atoms with E-state index >= 15 is 0 Å². The summed E-state index contributed by atoms with van der Waals surface area (Å²) in [4.78, 5) is 52.9. The number of aryl methyl sites for hydroxylation is 2. The zero-order valence-electron chi connectivity index (χ0n) is 20.9. The number of carbonyl (C=O) groups is 3. The van der Waals surface area contributed by atoms with Crippen LogP contribution in [0.1, 0.15) is 22.5 Å². The van der Waals surface area contributed by atoms with Crippen molar-refractivity contribution in [1.29, 1.82) is 0 Å². The van der Waals surface area contributed by atoms with Crippen LogP contribution in [0.25, 0.3) is 11.8 Å². The van der Waals surface area contributed by atoms with E-state index in [-0.39, 0.29) is 24.4 Å². The third-order valence-electron chi connectivity index (χ3n) is 6.28. The van der Waals surface area contributed by atoms with Crippen molar-refractivity contribution in [1.82, 2.24) is 9.47 Å². The van der Waals surface area contributed by atoms with E-state index in [4.69, 9.17) is 4.74 Å². The molecule has 190 valence electrons. The number of ether oxygens (including phenoxy) is 1. The van der Waals surface area contributed by atoms with Gasteiger partial charge in [-0.1, -0.05) is 24.3 Å². The summed E-state index contributed by atoms with van der Waals surface area (Å²) < 4.78 is 6.88. The molecule has 1 fully saturated rings. The SMILES string of the molecule is COCCN1C(=O)/C(=C/c2cc(C)n(-c3ccc(C)c([N+](=O)[O-])c3)c2C)C(=O)N(c2ccccc2)C1=O. The van der Waals surface area contributed by atoms with E-state index in [0.717, 1.165) is 15.5 Å². The molecule has 0 aliphatic carbocycles. The first-order valence-electron chi connectivity index (χ1n) is 11.6. The number of methoxy groups -OCH3 is 1. The molecule has 0 radical (unpaired) electrons. The fourth-order valence-corrected chi connectivity index (χ4v) is 4.38. The molecule has 1 aromatic heterocycles. The molecule has 37 heavy (non-hydrogen) atoms. The van der Waals surface area contributed by atoms with Gasteiger partial charge in [-0.2, -0.15) is 0 Å². The molecule has 0 saturated carbocycles. The van der Waals surface area contributed by atoms with Crippen LogP contribution in [0.3, 0.4) is 0 Å². The molecule has 1 saturated heterocycles. The minimum absolute atomic E-state index is 0.00617. The average molecular weight is 503 g/mol. The Morgan fingerprint density at radius 2 is 1.65 bits per heavy atom. The van der Waals surface area contributed by atoms with Crippen LogP contribution in [0.5, 0.6) is 0 Å². The predicted molar refractivity (Wildman–Crippen MR) is 138 cm³/mol. The van der Waals surface area contributed by atoms with Crippen LogP contribution < -0.4 is 4.90 Å². The molecule has 0 bridgehead atoms. The van der Waals surface area contributed by atoms with Gasteiger partial charge in [-0.3, -0.25) is 24.6 Å². The van der Waals surface area contributed by atoms with Crippen molar-refractivity contribution in [3.8, 4) is 5.69 Å². The number of imide groups is 2. The monoisotopic (exact) mass is 502 g/mol. The standard InChI is InChI=1S/C27H26N4O6/c1-17-10-11-22(16-24(17)31(35)36)29-18(2)14-20(19(29)3)15-23-25(32)28(12-13-37-4)27(34)30(26(23)33)21-8-6-5-7-9-21/h5-11,14-16H,12-13H2,1-4H3/b23-15-. The Morgan fingerprint density at radius 3 is 2.30 bits per heavy atom. The number of anilines is 1. The highest BCUT2D eigenvalue weighted by molar-refractivity contribution is 6.39. The Bertz CT molecular complexity index is 1440. The van der Waals surface area contributed by atoms with Gasteiger partial charge in [-0.15, -0.1) is 0 Å². The lowest BCUT2D eigenvalue weighted by molar-refractivity contribution is -0.385. The van der Waals surface area contributed by atoms with E-state index in [1.165, 1.54) is 19.3 Å². The van der Waals surface area contributed by atoms with Crippen molar-refractivity contribution in [2.75, 3.05) is 25.2 Å². The van der Waals surface area contributed by atoms with E-state index in [1.54, 1.807) is 62.4 Å². The van der Waals surface area contributed by atoms with E-state index in [2.05, 4.69) is 0 Å². The molecule has 10 nitrogen and oxygen atoms in total. The summed E-state index contributed by atoms with van der Waals surface area (Å²) in [5.41, 5.74) is 3.30. The Hall–Kier alpha value is -4.57. The Balaban J connectivity index is 1.82. The van der Waals surface area contributed by atoms with Crippen molar-refractivity contribution >= 4 is 35.3 Å². The van der Waals surface area contributed by atoms with Crippen molar-refractivity contribution in [2.24, 2.45) is 0 Å². The van der Waals surface area contributed by atoms with Gasteiger partial charge in [0.15, 0.2) is 0 Å². The van der Waals surface area contributed by atoms with Crippen LogP contribution in [-0.2, 0) is 14.3 Å². The first kappa shape index (κ1) is 25.5. The predicted octanol–water partition coefficient (Wildman–Crippen LogP) is 4.34. The quantitative estimate of drug-likeness (QED) is 0.206. The van der Waals surface area contributed by atoms with E-state index < -0.39 is 22.8 Å². The minimum Gasteiger partial charge on any atom is -0.383 e.